The molecule has 20 heavy (non-hydrogen) atoms. The summed E-state index contributed by atoms with van der Waals surface area (Å²) in [6.07, 6.45) is 1.79. The van der Waals surface area contributed by atoms with Gasteiger partial charge in [0.2, 0.25) is 0 Å². The van der Waals surface area contributed by atoms with Crippen LogP contribution in [0.2, 0.25) is 0 Å². The zero-order valence-corrected chi connectivity index (χ0v) is 11.5. The predicted octanol–water partition coefficient (Wildman–Crippen LogP) is 2.94. The highest BCUT2D eigenvalue weighted by Crippen LogP contribution is 2.14. The molecule has 0 saturated heterocycles. The molecule has 2 aromatic carbocycles. The molecule has 2 aromatic rings. The molecule has 102 valence electrons. The lowest BCUT2D eigenvalue weighted by atomic mass is 10.2. The Morgan fingerprint density at radius 1 is 1.10 bits per heavy atom. The Morgan fingerprint density at radius 3 is 2.35 bits per heavy atom. The Hall–Kier alpha value is -2.62. The molecule has 0 radical (unpaired) electrons. The minimum atomic E-state index is -0.341. The van der Waals surface area contributed by atoms with E-state index in [0.29, 0.717) is 5.56 Å². The Kier molecular flexibility index (Phi) is 4.50. The van der Waals surface area contributed by atoms with E-state index in [2.05, 4.69) is 9.84 Å². The van der Waals surface area contributed by atoms with Gasteiger partial charge in [0.25, 0.3) is 0 Å². The van der Waals surface area contributed by atoms with Crippen molar-refractivity contribution in [2.45, 2.75) is 0 Å². The van der Waals surface area contributed by atoms with E-state index in [0.717, 1.165) is 11.3 Å². The maximum absolute atomic E-state index is 11.3. The molecule has 0 fully saturated rings. The molecule has 0 unspecified atom stereocenters. The van der Waals surface area contributed by atoms with Crippen molar-refractivity contribution in [3.8, 4) is 0 Å². The molecule has 0 amide bonds. The van der Waals surface area contributed by atoms with E-state index in [9.17, 15) is 4.79 Å². The first-order chi connectivity index (χ1) is 9.70. The highest BCUT2D eigenvalue weighted by molar-refractivity contribution is 5.89. The Labute approximate surface area is 118 Å². The highest BCUT2D eigenvalue weighted by atomic mass is 16.5. The van der Waals surface area contributed by atoms with Crippen molar-refractivity contribution in [3.63, 3.8) is 0 Å². The lowest BCUT2D eigenvalue weighted by molar-refractivity contribution is 0.0601. The van der Waals surface area contributed by atoms with E-state index in [1.807, 2.05) is 49.5 Å². The van der Waals surface area contributed by atoms with Crippen LogP contribution in [0.5, 0.6) is 0 Å². The molecule has 0 N–H and O–H groups in total. The van der Waals surface area contributed by atoms with Crippen LogP contribution in [-0.2, 0) is 4.74 Å². The molecule has 4 nitrogen and oxygen atoms in total. The van der Waals surface area contributed by atoms with Gasteiger partial charge in [-0.25, -0.2) is 4.79 Å². The van der Waals surface area contributed by atoms with Crippen molar-refractivity contribution >= 4 is 17.9 Å². The third kappa shape index (κ3) is 3.45. The predicted molar refractivity (Wildman–Crippen MR) is 80.2 cm³/mol. The van der Waals surface area contributed by atoms with E-state index >= 15 is 0 Å². The van der Waals surface area contributed by atoms with E-state index in [-0.39, 0.29) is 5.97 Å². The Morgan fingerprint density at radius 2 is 1.75 bits per heavy atom. The van der Waals surface area contributed by atoms with Crippen LogP contribution in [0.1, 0.15) is 15.9 Å². The third-order valence-electron chi connectivity index (χ3n) is 2.84. The molecule has 0 bridgehead atoms. The van der Waals surface area contributed by atoms with E-state index < -0.39 is 0 Å². The number of hydrogen-bond donors (Lipinski definition) is 0. The van der Waals surface area contributed by atoms with Gasteiger partial charge in [-0.1, -0.05) is 30.3 Å². The largest absolute Gasteiger partial charge is 0.465 e. The van der Waals surface area contributed by atoms with E-state index in [1.165, 1.54) is 7.11 Å². The molecule has 0 aliphatic rings. The first-order valence-electron chi connectivity index (χ1n) is 6.22. The fraction of sp³-hybridized carbons (Fsp3) is 0.125. The molecule has 0 heterocycles. The van der Waals surface area contributed by atoms with Crippen molar-refractivity contribution in [2.24, 2.45) is 5.10 Å². The molecule has 4 heteroatoms. The van der Waals surface area contributed by atoms with Crippen LogP contribution in [0.4, 0.5) is 5.69 Å². The number of benzene rings is 2. The van der Waals surface area contributed by atoms with Gasteiger partial charge in [-0.2, -0.15) is 5.10 Å². The zero-order chi connectivity index (χ0) is 14.4. The van der Waals surface area contributed by atoms with Crippen LogP contribution < -0.4 is 5.01 Å². The van der Waals surface area contributed by atoms with Gasteiger partial charge >= 0.3 is 5.97 Å². The van der Waals surface area contributed by atoms with Crippen LogP contribution in [-0.4, -0.2) is 26.3 Å². The van der Waals surface area contributed by atoms with Gasteiger partial charge in [-0.3, -0.25) is 5.01 Å². The van der Waals surface area contributed by atoms with Crippen molar-refractivity contribution in [1.82, 2.24) is 0 Å². The number of methoxy groups -OCH3 is 1. The number of esters is 1. The van der Waals surface area contributed by atoms with Gasteiger partial charge in [-0.15, -0.1) is 0 Å². The molecular weight excluding hydrogens is 252 g/mol. The van der Waals surface area contributed by atoms with Gasteiger partial charge in [0.05, 0.1) is 24.6 Å². The molecule has 2 rings (SSSR count). The number of ether oxygens (including phenoxy) is 1. The van der Waals surface area contributed by atoms with Crippen molar-refractivity contribution in [3.05, 3.63) is 65.7 Å². The van der Waals surface area contributed by atoms with Crippen molar-refractivity contribution < 1.29 is 9.53 Å². The summed E-state index contributed by atoms with van der Waals surface area (Å²) in [4.78, 5) is 11.3. The quantitative estimate of drug-likeness (QED) is 0.486. The number of carbonyl (C=O) groups excluding carboxylic acids is 1. The smallest absolute Gasteiger partial charge is 0.337 e. The summed E-state index contributed by atoms with van der Waals surface area (Å²) in [5.41, 5.74) is 2.45. The maximum Gasteiger partial charge on any atom is 0.337 e. The highest BCUT2D eigenvalue weighted by Gasteiger charge is 2.05. The number of hydrazone groups is 1. The second-order valence-electron chi connectivity index (χ2n) is 4.22. The van der Waals surface area contributed by atoms with Crippen molar-refractivity contribution in [2.75, 3.05) is 19.2 Å². The minimum absolute atomic E-state index is 0.341. The fourth-order valence-corrected chi connectivity index (χ4v) is 1.69. The zero-order valence-electron chi connectivity index (χ0n) is 11.5. The molecule has 0 saturated carbocycles. The summed E-state index contributed by atoms with van der Waals surface area (Å²) in [7, 11) is 3.22. The number of nitrogens with zero attached hydrogens (tertiary/aromatic N) is 2. The number of rotatable bonds is 4. The lowest BCUT2D eigenvalue weighted by Gasteiger charge is -2.13. The second kappa shape index (κ2) is 6.52. The lowest BCUT2D eigenvalue weighted by Crippen LogP contribution is -2.09. The first-order valence-corrected chi connectivity index (χ1v) is 6.22. The van der Waals surface area contributed by atoms with Crippen LogP contribution in [0.15, 0.2) is 59.7 Å². The monoisotopic (exact) mass is 268 g/mol. The summed E-state index contributed by atoms with van der Waals surface area (Å²) >= 11 is 0. The number of anilines is 1. The van der Waals surface area contributed by atoms with Gasteiger partial charge in [0.15, 0.2) is 0 Å². The number of carbonyl (C=O) groups is 1. The van der Waals surface area contributed by atoms with Crippen LogP contribution in [0.3, 0.4) is 0 Å². The minimum Gasteiger partial charge on any atom is -0.465 e. The Balaban J connectivity index is 2.08. The first kappa shape index (κ1) is 13.8. The molecular formula is C16H16N2O2. The summed E-state index contributed by atoms with van der Waals surface area (Å²) in [5.74, 6) is -0.341. The topological polar surface area (TPSA) is 41.9 Å². The molecule has 0 aromatic heterocycles. The standard InChI is InChI=1S/C16H16N2O2/c1-18(17-12-13-6-4-3-5-7-13)15-10-8-14(9-11-15)16(19)20-2/h3-12H,1-2H3/b17-12+. The molecule has 0 aliphatic carbocycles. The summed E-state index contributed by atoms with van der Waals surface area (Å²) in [5, 5.41) is 6.10. The molecule has 0 atom stereocenters. The van der Waals surface area contributed by atoms with Crippen LogP contribution in [0, 0.1) is 0 Å². The second-order valence-corrected chi connectivity index (χ2v) is 4.22. The molecule has 0 aliphatic heterocycles. The SMILES string of the molecule is COC(=O)c1ccc(N(C)/N=C/c2ccccc2)cc1. The normalized spacial score (nSPS) is 10.5. The van der Waals surface area contributed by atoms with E-state index in [4.69, 9.17) is 0 Å². The van der Waals surface area contributed by atoms with Gasteiger partial charge in [-0.05, 0) is 29.8 Å². The summed E-state index contributed by atoms with van der Waals surface area (Å²) in [6.45, 7) is 0. The van der Waals surface area contributed by atoms with Crippen molar-refractivity contribution in [1.29, 1.82) is 0 Å². The third-order valence-corrected chi connectivity index (χ3v) is 2.84. The van der Waals surface area contributed by atoms with Gasteiger partial charge in [0, 0.05) is 7.05 Å². The summed E-state index contributed by atoms with van der Waals surface area (Å²) in [6, 6.07) is 17.0. The maximum atomic E-state index is 11.3. The van der Waals surface area contributed by atoms with Gasteiger partial charge in [0.1, 0.15) is 0 Å². The number of hydrogen-bond acceptors (Lipinski definition) is 4. The molecule has 0 spiro atoms. The Bertz CT molecular complexity index is 592. The summed E-state index contributed by atoms with van der Waals surface area (Å²) < 4.78 is 4.66. The van der Waals surface area contributed by atoms with E-state index in [1.54, 1.807) is 23.4 Å². The van der Waals surface area contributed by atoms with Gasteiger partial charge < -0.3 is 4.74 Å². The average Bonchev–Trinajstić information content (AvgIpc) is 2.53. The van der Waals surface area contributed by atoms with Crippen LogP contribution >= 0.6 is 0 Å². The fourth-order valence-electron chi connectivity index (χ4n) is 1.69. The average molecular weight is 268 g/mol. The van der Waals surface area contributed by atoms with Crippen LogP contribution in [0.25, 0.3) is 0 Å².